The third kappa shape index (κ3) is 2.06. The molecule has 18 heavy (non-hydrogen) atoms. The van der Waals surface area contributed by atoms with Crippen LogP contribution in [0.4, 0.5) is 5.69 Å². The van der Waals surface area contributed by atoms with Crippen molar-refractivity contribution in [2.45, 2.75) is 20.8 Å². The molecule has 2 aromatic rings. The van der Waals surface area contributed by atoms with Crippen molar-refractivity contribution in [3.63, 3.8) is 0 Å². The quantitative estimate of drug-likeness (QED) is 0.810. The van der Waals surface area contributed by atoms with E-state index in [1.807, 2.05) is 12.1 Å². The minimum absolute atomic E-state index is 0.832. The molecular weight excluding hydrogens is 222 g/mol. The summed E-state index contributed by atoms with van der Waals surface area (Å²) < 4.78 is 5.40. The van der Waals surface area contributed by atoms with Crippen LogP contribution in [0.5, 0.6) is 5.75 Å². The van der Waals surface area contributed by atoms with Crippen molar-refractivity contribution in [3.8, 4) is 16.9 Å². The number of aryl methyl sites for hydroxylation is 2. The third-order valence-electron chi connectivity index (χ3n) is 3.35. The van der Waals surface area contributed by atoms with Crippen LogP contribution in [-0.4, -0.2) is 7.11 Å². The third-order valence-corrected chi connectivity index (χ3v) is 3.35. The molecule has 0 fully saturated rings. The zero-order chi connectivity index (χ0) is 13.3. The summed E-state index contributed by atoms with van der Waals surface area (Å²) in [6.45, 7) is 6.19. The SMILES string of the molecule is COc1c(C)cc(-c2cccc(N)c2C)cc1C. The fraction of sp³-hybridized carbons (Fsp3) is 0.250. The van der Waals surface area contributed by atoms with Gasteiger partial charge in [-0.1, -0.05) is 12.1 Å². The van der Waals surface area contributed by atoms with Gasteiger partial charge in [0.05, 0.1) is 7.11 Å². The number of anilines is 1. The first-order valence-electron chi connectivity index (χ1n) is 6.05. The molecule has 94 valence electrons. The van der Waals surface area contributed by atoms with Gasteiger partial charge >= 0.3 is 0 Å². The fourth-order valence-corrected chi connectivity index (χ4v) is 2.39. The molecule has 2 heteroatoms. The van der Waals surface area contributed by atoms with Crippen LogP contribution in [0.15, 0.2) is 30.3 Å². The minimum Gasteiger partial charge on any atom is -0.496 e. The van der Waals surface area contributed by atoms with Crippen molar-refractivity contribution in [3.05, 3.63) is 47.0 Å². The molecule has 2 nitrogen and oxygen atoms in total. The van der Waals surface area contributed by atoms with Crippen LogP contribution >= 0.6 is 0 Å². The molecule has 0 aliphatic carbocycles. The second-order valence-corrected chi connectivity index (χ2v) is 4.66. The van der Waals surface area contributed by atoms with Crippen molar-refractivity contribution < 1.29 is 4.74 Å². The van der Waals surface area contributed by atoms with E-state index in [-0.39, 0.29) is 0 Å². The highest BCUT2D eigenvalue weighted by molar-refractivity contribution is 5.74. The lowest BCUT2D eigenvalue weighted by atomic mass is 9.96. The Morgan fingerprint density at radius 1 is 1.00 bits per heavy atom. The fourth-order valence-electron chi connectivity index (χ4n) is 2.39. The van der Waals surface area contributed by atoms with E-state index in [2.05, 4.69) is 39.0 Å². The van der Waals surface area contributed by atoms with Crippen molar-refractivity contribution in [1.82, 2.24) is 0 Å². The first kappa shape index (κ1) is 12.5. The molecule has 0 atom stereocenters. The van der Waals surface area contributed by atoms with Gasteiger partial charge in [-0.25, -0.2) is 0 Å². The van der Waals surface area contributed by atoms with Crippen molar-refractivity contribution >= 4 is 5.69 Å². The topological polar surface area (TPSA) is 35.2 Å². The normalized spacial score (nSPS) is 10.4. The van der Waals surface area contributed by atoms with Gasteiger partial charge in [-0.3, -0.25) is 0 Å². The van der Waals surface area contributed by atoms with Crippen LogP contribution in [0.3, 0.4) is 0 Å². The number of hydrogen-bond donors (Lipinski definition) is 1. The molecule has 0 saturated heterocycles. The zero-order valence-corrected chi connectivity index (χ0v) is 11.4. The molecule has 2 rings (SSSR count). The van der Waals surface area contributed by atoms with E-state index in [1.54, 1.807) is 7.11 Å². The molecule has 2 N–H and O–H groups in total. The maximum atomic E-state index is 5.97. The van der Waals surface area contributed by atoms with E-state index in [1.165, 1.54) is 11.1 Å². The summed E-state index contributed by atoms with van der Waals surface area (Å²) in [5, 5.41) is 0. The Balaban J connectivity index is 2.62. The van der Waals surface area contributed by atoms with Crippen molar-refractivity contribution in [1.29, 1.82) is 0 Å². The average Bonchev–Trinajstić information content (AvgIpc) is 2.32. The predicted molar refractivity (Wildman–Crippen MR) is 77.1 cm³/mol. The Bertz CT molecular complexity index is 565. The van der Waals surface area contributed by atoms with Gasteiger partial charge in [0.25, 0.3) is 0 Å². The van der Waals surface area contributed by atoms with E-state index in [0.29, 0.717) is 0 Å². The van der Waals surface area contributed by atoms with Gasteiger partial charge in [-0.15, -0.1) is 0 Å². The Morgan fingerprint density at radius 2 is 1.61 bits per heavy atom. The van der Waals surface area contributed by atoms with Gasteiger partial charge in [0.15, 0.2) is 0 Å². The summed E-state index contributed by atoms with van der Waals surface area (Å²) in [5.41, 5.74) is 12.6. The summed E-state index contributed by atoms with van der Waals surface area (Å²) in [7, 11) is 1.71. The molecule has 0 aliphatic rings. The molecule has 0 saturated carbocycles. The number of nitrogens with two attached hydrogens (primary N) is 1. The molecule has 0 spiro atoms. The summed E-state index contributed by atoms with van der Waals surface area (Å²) in [6, 6.07) is 10.3. The summed E-state index contributed by atoms with van der Waals surface area (Å²) in [6.07, 6.45) is 0. The van der Waals surface area contributed by atoms with Gasteiger partial charge in [0, 0.05) is 5.69 Å². The molecule has 2 aromatic carbocycles. The summed E-state index contributed by atoms with van der Waals surface area (Å²) >= 11 is 0. The van der Waals surface area contributed by atoms with Crippen LogP contribution in [-0.2, 0) is 0 Å². The van der Waals surface area contributed by atoms with Gasteiger partial charge in [-0.2, -0.15) is 0 Å². The molecule has 0 heterocycles. The smallest absolute Gasteiger partial charge is 0.124 e. The number of benzene rings is 2. The van der Waals surface area contributed by atoms with Crippen LogP contribution < -0.4 is 10.5 Å². The van der Waals surface area contributed by atoms with E-state index in [9.17, 15) is 0 Å². The lowest BCUT2D eigenvalue weighted by Gasteiger charge is -2.13. The first-order valence-corrected chi connectivity index (χ1v) is 6.05. The highest BCUT2D eigenvalue weighted by Gasteiger charge is 2.09. The number of methoxy groups -OCH3 is 1. The van der Waals surface area contributed by atoms with E-state index in [0.717, 1.165) is 28.1 Å². The molecule has 0 amide bonds. The maximum Gasteiger partial charge on any atom is 0.124 e. The molecule has 0 unspecified atom stereocenters. The van der Waals surface area contributed by atoms with Crippen LogP contribution in [0, 0.1) is 20.8 Å². The van der Waals surface area contributed by atoms with E-state index in [4.69, 9.17) is 10.5 Å². The van der Waals surface area contributed by atoms with Crippen LogP contribution in [0.25, 0.3) is 11.1 Å². The lowest BCUT2D eigenvalue weighted by molar-refractivity contribution is 0.408. The monoisotopic (exact) mass is 241 g/mol. The van der Waals surface area contributed by atoms with Gasteiger partial charge in [-0.05, 0) is 66.8 Å². The van der Waals surface area contributed by atoms with Crippen LogP contribution in [0.2, 0.25) is 0 Å². The Kier molecular flexibility index (Phi) is 3.28. The number of rotatable bonds is 2. The molecule has 0 bridgehead atoms. The predicted octanol–water partition coefficient (Wildman–Crippen LogP) is 3.87. The lowest BCUT2D eigenvalue weighted by Crippen LogP contribution is -1.95. The summed E-state index contributed by atoms with van der Waals surface area (Å²) in [4.78, 5) is 0. The van der Waals surface area contributed by atoms with Gasteiger partial charge < -0.3 is 10.5 Å². The second-order valence-electron chi connectivity index (χ2n) is 4.66. The highest BCUT2D eigenvalue weighted by Crippen LogP contribution is 2.32. The first-order chi connectivity index (χ1) is 8.54. The van der Waals surface area contributed by atoms with Gasteiger partial charge in [0.2, 0.25) is 0 Å². The van der Waals surface area contributed by atoms with E-state index < -0.39 is 0 Å². The maximum absolute atomic E-state index is 5.97. The molecule has 0 aliphatic heterocycles. The number of nitrogen functional groups attached to an aromatic ring is 1. The Hall–Kier alpha value is -1.96. The second kappa shape index (κ2) is 4.73. The average molecular weight is 241 g/mol. The number of hydrogen-bond acceptors (Lipinski definition) is 2. The minimum atomic E-state index is 0.832. The molecule has 0 radical (unpaired) electrons. The largest absolute Gasteiger partial charge is 0.496 e. The van der Waals surface area contributed by atoms with Crippen molar-refractivity contribution in [2.75, 3.05) is 12.8 Å². The Labute approximate surface area is 108 Å². The summed E-state index contributed by atoms with van der Waals surface area (Å²) in [5.74, 6) is 0.959. The van der Waals surface area contributed by atoms with Gasteiger partial charge in [0.1, 0.15) is 5.75 Å². The zero-order valence-electron chi connectivity index (χ0n) is 11.4. The van der Waals surface area contributed by atoms with Crippen LogP contribution in [0.1, 0.15) is 16.7 Å². The molecular formula is C16H19NO. The highest BCUT2D eigenvalue weighted by atomic mass is 16.5. The number of ether oxygens (including phenoxy) is 1. The van der Waals surface area contributed by atoms with Crippen molar-refractivity contribution in [2.24, 2.45) is 0 Å². The standard InChI is InChI=1S/C16H19NO/c1-10-8-13(9-11(2)16(10)18-4)14-6-5-7-15(17)12(14)3/h5-9H,17H2,1-4H3. The molecule has 0 aromatic heterocycles. The Morgan fingerprint density at radius 3 is 2.17 bits per heavy atom. The van der Waals surface area contributed by atoms with E-state index >= 15 is 0 Å².